The second-order valence-corrected chi connectivity index (χ2v) is 7.33. The van der Waals surface area contributed by atoms with Gasteiger partial charge in [0.2, 0.25) is 0 Å². The Bertz CT molecular complexity index is 854. The van der Waals surface area contributed by atoms with Crippen molar-refractivity contribution in [1.82, 2.24) is 0 Å². The van der Waals surface area contributed by atoms with Gasteiger partial charge >= 0.3 is 0 Å². The zero-order valence-corrected chi connectivity index (χ0v) is 13.5. The first-order valence-corrected chi connectivity index (χ1v) is 9.37. The molecular formula is C20H14S2. The minimum Gasteiger partial charge on any atom is -0.0616 e. The van der Waals surface area contributed by atoms with Gasteiger partial charge in [-0.1, -0.05) is 94.4 Å². The van der Waals surface area contributed by atoms with Crippen molar-refractivity contribution in [1.29, 1.82) is 0 Å². The van der Waals surface area contributed by atoms with E-state index in [2.05, 4.69) is 84.9 Å². The van der Waals surface area contributed by atoms with Crippen molar-refractivity contribution in [2.45, 2.75) is 9.79 Å². The summed E-state index contributed by atoms with van der Waals surface area (Å²) in [4.78, 5) is 2.63. The van der Waals surface area contributed by atoms with Crippen molar-refractivity contribution in [2.75, 3.05) is 0 Å². The molecule has 0 bridgehead atoms. The van der Waals surface area contributed by atoms with Crippen molar-refractivity contribution in [3.63, 3.8) is 0 Å². The largest absolute Gasteiger partial charge is 0.0616 e. The third-order valence-electron chi connectivity index (χ3n) is 3.72. The topological polar surface area (TPSA) is 0 Å². The van der Waals surface area contributed by atoms with Gasteiger partial charge in [-0.15, -0.1) is 0 Å². The molecule has 4 rings (SSSR count). The second kappa shape index (κ2) is 6.07. The molecule has 0 unspecified atom stereocenters. The zero-order chi connectivity index (χ0) is 14.8. The molecule has 0 saturated heterocycles. The Morgan fingerprint density at radius 3 is 1.32 bits per heavy atom. The van der Waals surface area contributed by atoms with E-state index in [1.54, 1.807) is 0 Å². The number of rotatable bonds is 3. The molecule has 2 heteroatoms. The van der Waals surface area contributed by atoms with Gasteiger partial charge in [-0.05, 0) is 33.7 Å². The van der Waals surface area contributed by atoms with Crippen LogP contribution in [0.25, 0.3) is 21.5 Å². The Labute approximate surface area is 137 Å². The molecule has 0 aromatic heterocycles. The summed E-state index contributed by atoms with van der Waals surface area (Å²) in [5.41, 5.74) is 0. The fourth-order valence-electron chi connectivity index (χ4n) is 2.63. The van der Waals surface area contributed by atoms with Crippen LogP contribution in [0.2, 0.25) is 0 Å². The minimum atomic E-state index is 1.30. The quantitative estimate of drug-likeness (QED) is 0.381. The highest BCUT2D eigenvalue weighted by atomic mass is 33.1. The highest BCUT2D eigenvalue weighted by molar-refractivity contribution is 8.76. The van der Waals surface area contributed by atoms with Gasteiger partial charge in [0.15, 0.2) is 0 Å². The van der Waals surface area contributed by atoms with E-state index in [0.29, 0.717) is 0 Å². The summed E-state index contributed by atoms with van der Waals surface area (Å²) in [6, 6.07) is 30.1. The zero-order valence-electron chi connectivity index (χ0n) is 11.9. The van der Waals surface area contributed by atoms with E-state index in [0.717, 1.165) is 0 Å². The van der Waals surface area contributed by atoms with Gasteiger partial charge < -0.3 is 0 Å². The Balaban J connectivity index is 1.69. The lowest BCUT2D eigenvalue weighted by atomic mass is 10.1. The first kappa shape index (κ1) is 13.7. The summed E-state index contributed by atoms with van der Waals surface area (Å²) in [6.45, 7) is 0. The standard InChI is InChI=1S/C20H14S2/c1-3-11-17-15(7-1)9-5-13-19(17)21-22-20-14-6-10-16-8-2-4-12-18(16)20/h1-14H. The van der Waals surface area contributed by atoms with Gasteiger partial charge in [-0.2, -0.15) is 0 Å². The van der Waals surface area contributed by atoms with Crippen LogP contribution in [0.5, 0.6) is 0 Å². The molecule has 0 atom stereocenters. The number of fused-ring (bicyclic) bond motifs is 2. The van der Waals surface area contributed by atoms with Gasteiger partial charge in [0.1, 0.15) is 0 Å². The monoisotopic (exact) mass is 318 g/mol. The maximum Gasteiger partial charge on any atom is 0.0264 e. The van der Waals surface area contributed by atoms with Crippen molar-refractivity contribution in [3.05, 3.63) is 84.9 Å². The summed E-state index contributed by atoms with van der Waals surface area (Å²) >= 11 is 0. The van der Waals surface area contributed by atoms with Crippen LogP contribution in [0.1, 0.15) is 0 Å². The molecule has 0 spiro atoms. The molecule has 0 heterocycles. The molecule has 0 nitrogen and oxygen atoms in total. The summed E-state index contributed by atoms with van der Waals surface area (Å²) in [6.07, 6.45) is 0. The molecule has 0 aliphatic heterocycles. The van der Waals surface area contributed by atoms with E-state index < -0.39 is 0 Å². The van der Waals surface area contributed by atoms with Crippen LogP contribution in [-0.4, -0.2) is 0 Å². The van der Waals surface area contributed by atoms with Gasteiger partial charge in [0.05, 0.1) is 0 Å². The lowest BCUT2D eigenvalue weighted by Crippen LogP contribution is -1.77. The lowest BCUT2D eigenvalue weighted by molar-refractivity contribution is 1.55. The smallest absolute Gasteiger partial charge is 0.0264 e. The van der Waals surface area contributed by atoms with Gasteiger partial charge in [0, 0.05) is 9.79 Å². The lowest BCUT2D eigenvalue weighted by Gasteiger charge is -2.08. The minimum absolute atomic E-state index is 1.30. The average Bonchev–Trinajstić information content (AvgIpc) is 2.60. The summed E-state index contributed by atoms with van der Waals surface area (Å²) in [5.74, 6) is 0. The maximum absolute atomic E-state index is 2.20. The molecule has 0 N–H and O–H groups in total. The molecule has 4 aromatic rings. The van der Waals surface area contributed by atoms with Crippen LogP contribution in [0.3, 0.4) is 0 Å². The third kappa shape index (κ3) is 2.60. The van der Waals surface area contributed by atoms with Gasteiger partial charge in [-0.3, -0.25) is 0 Å². The predicted molar refractivity (Wildman–Crippen MR) is 99.6 cm³/mol. The van der Waals surface area contributed by atoms with Crippen molar-refractivity contribution in [3.8, 4) is 0 Å². The van der Waals surface area contributed by atoms with Crippen LogP contribution < -0.4 is 0 Å². The van der Waals surface area contributed by atoms with Gasteiger partial charge in [0.25, 0.3) is 0 Å². The molecule has 0 aliphatic carbocycles. The van der Waals surface area contributed by atoms with Gasteiger partial charge in [-0.25, -0.2) is 0 Å². The van der Waals surface area contributed by atoms with Crippen LogP contribution in [0, 0.1) is 0 Å². The number of hydrogen-bond acceptors (Lipinski definition) is 2. The fourth-order valence-corrected chi connectivity index (χ4v) is 5.04. The highest BCUT2D eigenvalue weighted by Gasteiger charge is 2.05. The van der Waals surface area contributed by atoms with E-state index in [9.17, 15) is 0 Å². The predicted octanol–water partition coefficient (Wildman–Crippen LogP) is 6.79. The van der Waals surface area contributed by atoms with E-state index in [4.69, 9.17) is 0 Å². The molecule has 0 aliphatic rings. The van der Waals surface area contributed by atoms with Crippen LogP contribution in [0.15, 0.2) is 94.7 Å². The van der Waals surface area contributed by atoms with Crippen molar-refractivity contribution >= 4 is 43.1 Å². The Hall–Kier alpha value is -1.90. The first-order valence-electron chi connectivity index (χ1n) is 7.22. The van der Waals surface area contributed by atoms with Crippen LogP contribution in [0.4, 0.5) is 0 Å². The van der Waals surface area contributed by atoms with E-state index in [-0.39, 0.29) is 0 Å². The SMILES string of the molecule is c1ccc2c(SSc3cccc4ccccc34)cccc2c1. The molecule has 0 fully saturated rings. The molecule has 4 aromatic carbocycles. The molecule has 0 amide bonds. The average molecular weight is 318 g/mol. The fraction of sp³-hybridized carbons (Fsp3) is 0. The molecule has 106 valence electrons. The number of benzene rings is 4. The van der Waals surface area contributed by atoms with Crippen LogP contribution >= 0.6 is 21.6 Å². The normalized spacial score (nSPS) is 11.1. The molecule has 0 saturated carbocycles. The van der Waals surface area contributed by atoms with E-state index >= 15 is 0 Å². The van der Waals surface area contributed by atoms with E-state index in [1.165, 1.54) is 31.3 Å². The molecular weight excluding hydrogens is 304 g/mol. The highest BCUT2D eigenvalue weighted by Crippen LogP contribution is 2.42. The second-order valence-electron chi connectivity index (χ2n) is 5.12. The van der Waals surface area contributed by atoms with Crippen molar-refractivity contribution in [2.24, 2.45) is 0 Å². The van der Waals surface area contributed by atoms with Crippen LogP contribution in [-0.2, 0) is 0 Å². The molecule has 0 radical (unpaired) electrons. The van der Waals surface area contributed by atoms with E-state index in [1.807, 2.05) is 21.6 Å². The Morgan fingerprint density at radius 1 is 0.409 bits per heavy atom. The third-order valence-corrected chi connectivity index (χ3v) is 6.20. The number of hydrogen-bond donors (Lipinski definition) is 0. The Kier molecular flexibility index (Phi) is 3.79. The Morgan fingerprint density at radius 2 is 0.818 bits per heavy atom. The summed E-state index contributed by atoms with van der Waals surface area (Å²) in [5, 5.41) is 5.24. The first-order chi connectivity index (χ1) is 10.9. The maximum atomic E-state index is 2.20. The summed E-state index contributed by atoms with van der Waals surface area (Å²) < 4.78 is 0. The van der Waals surface area contributed by atoms with Crippen molar-refractivity contribution < 1.29 is 0 Å². The summed E-state index contributed by atoms with van der Waals surface area (Å²) in [7, 11) is 3.67. The molecule has 22 heavy (non-hydrogen) atoms.